The molecule has 0 bridgehead atoms. The molecule has 0 aliphatic heterocycles. The van der Waals surface area contributed by atoms with E-state index in [9.17, 15) is 4.79 Å². The molecule has 5 nitrogen and oxygen atoms in total. The molecular formula is C17H12BrClN2O3. The Kier molecular flexibility index (Phi) is 4.87. The number of para-hydroxylation sites is 1. The summed E-state index contributed by atoms with van der Waals surface area (Å²) in [5.41, 5.74) is 3.78. The second kappa shape index (κ2) is 7.07. The first-order chi connectivity index (χ1) is 11.6. The minimum absolute atomic E-state index is 0.197. The molecule has 0 aliphatic rings. The van der Waals surface area contributed by atoms with Gasteiger partial charge in [-0.1, -0.05) is 29.8 Å². The summed E-state index contributed by atoms with van der Waals surface area (Å²) in [6.45, 7) is 0. The van der Waals surface area contributed by atoms with Crippen molar-refractivity contribution >= 4 is 50.6 Å². The van der Waals surface area contributed by atoms with Gasteiger partial charge in [0.1, 0.15) is 5.58 Å². The molecule has 2 aromatic carbocycles. The summed E-state index contributed by atoms with van der Waals surface area (Å²) in [7, 11) is 1.54. The molecule has 0 saturated carbocycles. The van der Waals surface area contributed by atoms with Crippen LogP contribution in [0.15, 0.2) is 56.5 Å². The predicted octanol–water partition coefficient (Wildman–Crippen LogP) is 4.62. The Balaban J connectivity index is 1.73. The lowest BCUT2D eigenvalue weighted by Crippen LogP contribution is -2.16. The number of benzene rings is 2. The normalized spacial score (nSPS) is 11.1. The first-order valence-corrected chi connectivity index (χ1v) is 8.10. The van der Waals surface area contributed by atoms with E-state index in [0.717, 1.165) is 5.39 Å². The molecule has 0 radical (unpaired) electrons. The maximum absolute atomic E-state index is 12.1. The molecule has 24 heavy (non-hydrogen) atoms. The van der Waals surface area contributed by atoms with Crippen molar-refractivity contribution in [1.29, 1.82) is 0 Å². The quantitative estimate of drug-likeness (QED) is 0.507. The van der Waals surface area contributed by atoms with Gasteiger partial charge in [-0.25, -0.2) is 5.43 Å². The van der Waals surface area contributed by atoms with Crippen LogP contribution in [-0.4, -0.2) is 19.2 Å². The number of hydrazone groups is 1. The number of hydrogen-bond donors (Lipinski definition) is 1. The summed E-state index contributed by atoms with van der Waals surface area (Å²) in [5.74, 6) is 0.309. The molecule has 7 heteroatoms. The molecule has 0 aliphatic carbocycles. The SMILES string of the molecule is COc1c(Cl)cc(/C=N/NC(=O)c2cc3ccccc3o2)cc1Br. The Hall–Kier alpha value is -2.31. The molecule has 1 heterocycles. The third kappa shape index (κ3) is 3.44. The van der Waals surface area contributed by atoms with E-state index in [4.69, 9.17) is 20.8 Å². The van der Waals surface area contributed by atoms with Crippen LogP contribution < -0.4 is 10.2 Å². The van der Waals surface area contributed by atoms with E-state index in [1.165, 1.54) is 13.3 Å². The van der Waals surface area contributed by atoms with Crippen molar-refractivity contribution in [3.63, 3.8) is 0 Å². The number of ether oxygens (including phenoxy) is 1. The molecule has 3 aromatic rings. The Morgan fingerprint density at radius 2 is 2.12 bits per heavy atom. The number of halogens is 2. The standard InChI is InChI=1S/C17H12BrClN2O3/c1-23-16-12(18)6-10(7-13(16)19)9-20-21-17(22)15-8-11-4-2-3-5-14(11)24-15/h2-9H,1H3,(H,21,22)/b20-9+. The highest BCUT2D eigenvalue weighted by molar-refractivity contribution is 9.10. The van der Waals surface area contributed by atoms with Crippen molar-refractivity contribution in [1.82, 2.24) is 5.43 Å². The summed E-state index contributed by atoms with van der Waals surface area (Å²) in [6.07, 6.45) is 1.48. The van der Waals surface area contributed by atoms with Gasteiger partial charge in [0.15, 0.2) is 11.5 Å². The Labute approximate surface area is 151 Å². The van der Waals surface area contributed by atoms with Crippen molar-refractivity contribution in [3.8, 4) is 5.75 Å². The van der Waals surface area contributed by atoms with Gasteiger partial charge in [0.2, 0.25) is 0 Å². The highest BCUT2D eigenvalue weighted by Crippen LogP contribution is 2.33. The zero-order valence-corrected chi connectivity index (χ0v) is 14.9. The molecule has 1 N–H and O–H groups in total. The maximum atomic E-state index is 12.1. The second-order valence-electron chi connectivity index (χ2n) is 4.87. The summed E-state index contributed by atoms with van der Waals surface area (Å²) in [4.78, 5) is 12.1. The first kappa shape index (κ1) is 16.5. The van der Waals surface area contributed by atoms with Crippen LogP contribution in [0.25, 0.3) is 11.0 Å². The van der Waals surface area contributed by atoms with Crippen LogP contribution in [-0.2, 0) is 0 Å². The molecule has 1 aromatic heterocycles. The van der Waals surface area contributed by atoms with Gasteiger partial charge in [-0.3, -0.25) is 4.79 Å². The number of rotatable bonds is 4. The molecule has 1 amide bonds. The lowest BCUT2D eigenvalue weighted by Gasteiger charge is -2.06. The summed E-state index contributed by atoms with van der Waals surface area (Å²) >= 11 is 9.46. The lowest BCUT2D eigenvalue weighted by atomic mass is 10.2. The van der Waals surface area contributed by atoms with Crippen LogP contribution in [0, 0.1) is 0 Å². The number of furan rings is 1. The molecule has 0 saturated heterocycles. The average molecular weight is 408 g/mol. The van der Waals surface area contributed by atoms with Gasteiger partial charge in [-0.2, -0.15) is 5.10 Å². The van der Waals surface area contributed by atoms with Crippen molar-refractivity contribution in [2.45, 2.75) is 0 Å². The highest BCUT2D eigenvalue weighted by atomic mass is 79.9. The summed E-state index contributed by atoms with van der Waals surface area (Å²) in [6, 6.07) is 12.5. The number of nitrogens with one attached hydrogen (secondary N) is 1. The summed E-state index contributed by atoms with van der Waals surface area (Å²) < 4.78 is 11.3. The predicted molar refractivity (Wildman–Crippen MR) is 97.0 cm³/mol. The zero-order chi connectivity index (χ0) is 17.1. The fraction of sp³-hybridized carbons (Fsp3) is 0.0588. The van der Waals surface area contributed by atoms with Crippen molar-refractivity contribution < 1.29 is 13.9 Å². The second-order valence-corrected chi connectivity index (χ2v) is 6.13. The fourth-order valence-electron chi connectivity index (χ4n) is 2.16. The van der Waals surface area contributed by atoms with Crippen LogP contribution in [0.3, 0.4) is 0 Å². The van der Waals surface area contributed by atoms with Gasteiger partial charge in [-0.05, 0) is 45.8 Å². The van der Waals surface area contributed by atoms with E-state index >= 15 is 0 Å². The van der Waals surface area contributed by atoms with Crippen molar-refractivity contribution in [2.24, 2.45) is 5.10 Å². The van der Waals surface area contributed by atoms with Gasteiger partial charge in [0.25, 0.3) is 0 Å². The number of methoxy groups -OCH3 is 1. The van der Waals surface area contributed by atoms with Crippen LogP contribution in [0.2, 0.25) is 5.02 Å². The maximum Gasteiger partial charge on any atom is 0.307 e. The van der Waals surface area contributed by atoms with E-state index < -0.39 is 5.91 Å². The number of fused-ring (bicyclic) bond motifs is 1. The smallest absolute Gasteiger partial charge is 0.307 e. The van der Waals surface area contributed by atoms with Crippen LogP contribution in [0.4, 0.5) is 0 Å². The van der Waals surface area contributed by atoms with Gasteiger partial charge >= 0.3 is 5.91 Å². The van der Waals surface area contributed by atoms with E-state index in [-0.39, 0.29) is 5.76 Å². The van der Waals surface area contributed by atoms with Crippen molar-refractivity contribution in [2.75, 3.05) is 7.11 Å². The molecule has 0 spiro atoms. The Morgan fingerprint density at radius 3 is 2.83 bits per heavy atom. The van der Waals surface area contributed by atoms with E-state index in [0.29, 0.717) is 26.4 Å². The van der Waals surface area contributed by atoms with Gasteiger partial charge in [0, 0.05) is 5.39 Å². The number of nitrogens with zero attached hydrogens (tertiary/aromatic N) is 1. The molecule has 122 valence electrons. The molecule has 3 rings (SSSR count). The summed E-state index contributed by atoms with van der Waals surface area (Å²) in [5, 5.41) is 5.22. The topological polar surface area (TPSA) is 63.8 Å². The Morgan fingerprint density at radius 1 is 1.33 bits per heavy atom. The number of hydrogen-bond acceptors (Lipinski definition) is 4. The van der Waals surface area contributed by atoms with Gasteiger partial charge < -0.3 is 9.15 Å². The molecule has 0 fully saturated rings. The molecule has 0 atom stereocenters. The molecular weight excluding hydrogens is 396 g/mol. The minimum atomic E-state index is -0.430. The monoisotopic (exact) mass is 406 g/mol. The van der Waals surface area contributed by atoms with Crippen LogP contribution in [0.5, 0.6) is 5.75 Å². The highest BCUT2D eigenvalue weighted by Gasteiger charge is 2.11. The fourth-order valence-corrected chi connectivity index (χ4v) is 3.22. The first-order valence-electron chi connectivity index (χ1n) is 6.93. The molecule has 0 unspecified atom stereocenters. The average Bonchev–Trinajstić information content (AvgIpc) is 2.98. The zero-order valence-electron chi connectivity index (χ0n) is 12.5. The van der Waals surface area contributed by atoms with Crippen molar-refractivity contribution in [3.05, 3.63) is 63.3 Å². The van der Waals surface area contributed by atoms with Gasteiger partial charge in [-0.15, -0.1) is 0 Å². The number of carbonyl (C=O) groups excluding carboxylic acids is 1. The number of amides is 1. The van der Waals surface area contributed by atoms with Crippen LogP contribution >= 0.6 is 27.5 Å². The van der Waals surface area contributed by atoms with Crippen LogP contribution in [0.1, 0.15) is 16.1 Å². The van der Waals surface area contributed by atoms with E-state index in [2.05, 4.69) is 26.5 Å². The minimum Gasteiger partial charge on any atom is -0.494 e. The Bertz CT molecular complexity index is 880. The largest absolute Gasteiger partial charge is 0.494 e. The third-order valence-electron chi connectivity index (χ3n) is 3.25. The third-order valence-corrected chi connectivity index (χ3v) is 4.12. The van der Waals surface area contributed by atoms with E-state index in [1.807, 2.05) is 18.2 Å². The van der Waals surface area contributed by atoms with Gasteiger partial charge in [0.05, 0.1) is 22.8 Å². The lowest BCUT2D eigenvalue weighted by molar-refractivity contribution is 0.0929. The number of carbonyl (C=O) groups is 1. The van der Waals surface area contributed by atoms with E-state index in [1.54, 1.807) is 24.3 Å².